The van der Waals surface area contributed by atoms with Gasteiger partial charge < -0.3 is 5.32 Å². The second-order valence-electron chi connectivity index (χ2n) is 3.00. The van der Waals surface area contributed by atoms with Gasteiger partial charge in [-0.1, -0.05) is 11.6 Å². The number of ketones is 1. The Morgan fingerprint density at radius 2 is 2.07 bits per heavy atom. The number of rotatable bonds is 0. The van der Waals surface area contributed by atoms with Crippen LogP contribution in [0.15, 0.2) is 6.07 Å². The van der Waals surface area contributed by atoms with Gasteiger partial charge in [0.25, 0.3) is 11.7 Å². The summed E-state index contributed by atoms with van der Waals surface area (Å²) in [6.07, 6.45) is 0. The Bertz CT molecular complexity index is 470. The number of carbonyl (C=O) groups excluding carboxylic acids is 2. The highest BCUT2D eigenvalue weighted by molar-refractivity contribution is 6.52. The molecule has 1 N–H and O–H groups in total. The van der Waals surface area contributed by atoms with Crippen LogP contribution in [0.3, 0.4) is 0 Å². The quantitative estimate of drug-likeness (QED) is 0.670. The molecule has 0 radical (unpaired) electrons. The van der Waals surface area contributed by atoms with Gasteiger partial charge in [0.1, 0.15) is 5.82 Å². The van der Waals surface area contributed by atoms with Crippen molar-refractivity contribution in [3.63, 3.8) is 0 Å². The first-order valence-corrected chi connectivity index (χ1v) is 4.24. The molecule has 0 unspecified atom stereocenters. The number of Topliss-reactive ketones (excluding diaryl/α,β-unsaturated/α-hetero) is 1. The second-order valence-corrected chi connectivity index (χ2v) is 3.41. The fourth-order valence-corrected chi connectivity index (χ4v) is 1.60. The molecule has 1 amide bonds. The first-order valence-electron chi connectivity index (χ1n) is 3.86. The van der Waals surface area contributed by atoms with Crippen LogP contribution < -0.4 is 5.32 Å². The minimum Gasteiger partial charge on any atom is -0.316 e. The largest absolute Gasteiger partial charge is 0.316 e. The SMILES string of the molecule is Cc1c(Cl)cc(F)c2c1C(=O)C(=O)N2. The zero-order valence-electron chi connectivity index (χ0n) is 7.15. The van der Waals surface area contributed by atoms with Gasteiger partial charge in [-0.05, 0) is 18.6 Å². The number of amides is 1. The number of hydrogen-bond acceptors (Lipinski definition) is 2. The van der Waals surface area contributed by atoms with Crippen molar-refractivity contribution in [1.29, 1.82) is 0 Å². The average Bonchev–Trinajstić information content (AvgIpc) is 2.41. The molecule has 0 atom stereocenters. The summed E-state index contributed by atoms with van der Waals surface area (Å²) < 4.78 is 13.2. The van der Waals surface area contributed by atoms with E-state index in [2.05, 4.69) is 5.32 Å². The lowest BCUT2D eigenvalue weighted by atomic mass is 10.1. The number of hydrogen-bond donors (Lipinski definition) is 1. The van der Waals surface area contributed by atoms with Crippen molar-refractivity contribution in [2.45, 2.75) is 6.92 Å². The summed E-state index contributed by atoms with van der Waals surface area (Å²) in [5.74, 6) is -2.24. The molecule has 0 bridgehead atoms. The normalized spacial score (nSPS) is 14.2. The third-order valence-corrected chi connectivity index (χ3v) is 2.54. The van der Waals surface area contributed by atoms with Gasteiger partial charge in [0.05, 0.1) is 11.3 Å². The maximum atomic E-state index is 13.2. The van der Waals surface area contributed by atoms with Crippen LogP contribution in [-0.2, 0) is 4.79 Å². The van der Waals surface area contributed by atoms with E-state index < -0.39 is 17.5 Å². The molecule has 1 aromatic rings. The third-order valence-electron chi connectivity index (χ3n) is 2.15. The summed E-state index contributed by atoms with van der Waals surface area (Å²) in [5.41, 5.74) is 0.397. The molecule has 0 saturated heterocycles. The van der Waals surface area contributed by atoms with E-state index >= 15 is 0 Å². The lowest BCUT2D eigenvalue weighted by molar-refractivity contribution is -0.112. The molecule has 0 aliphatic carbocycles. The summed E-state index contributed by atoms with van der Waals surface area (Å²) in [6.45, 7) is 1.57. The molecule has 3 nitrogen and oxygen atoms in total. The van der Waals surface area contributed by atoms with Crippen molar-refractivity contribution in [3.8, 4) is 0 Å². The number of anilines is 1. The maximum absolute atomic E-state index is 13.2. The summed E-state index contributed by atoms with van der Waals surface area (Å²) in [5, 5.41) is 2.31. The molecule has 1 aliphatic rings. The Labute approximate surface area is 83.9 Å². The van der Waals surface area contributed by atoms with Gasteiger partial charge in [0.15, 0.2) is 0 Å². The average molecular weight is 214 g/mol. The second kappa shape index (κ2) is 2.78. The molecule has 2 rings (SSSR count). The number of nitrogens with one attached hydrogen (secondary N) is 1. The van der Waals surface area contributed by atoms with Gasteiger partial charge in [-0.25, -0.2) is 4.39 Å². The summed E-state index contributed by atoms with van der Waals surface area (Å²) in [4.78, 5) is 22.3. The van der Waals surface area contributed by atoms with Gasteiger partial charge in [-0.15, -0.1) is 0 Å². The predicted molar refractivity (Wildman–Crippen MR) is 49.1 cm³/mol. The van der Waals surface area contributed by atoms with Crippen LogP contribution in [0.5, 0.6) is 0 Å². The number of benzene rings is 1. The molecular formula is C9H5ClFNO2. The zero-order valence-corrected chi connectivity index (χ0v) is 7.91. The highest BCUT2D eigenvalue weighted by Gasteiger charge is 2.33. The van der Waals surface area contributed by atoms with Crippen LogP contribution in [0.25, 0.3) is 0 Å². The van der Waals surface area contributed by atoms with Gasteiger partial charge >= 0.3 is 0 Å². The Balaban J connectivity index is 2.80. The molecule has 0 fully saturated rings. The lowest BCUT2D eigenvalue weighted by Gasteiger charge is -2.04. The van der Waals surface area contributed by atoms with E-state index in [4.69, 9.17) is 11.6 Å². The summed E-state index contributed by atoms with van der Waals surface area (Å²) >= 11 is 5.68. The van der Waals surface area contributed by atoms with E-state index in [1.165, 1.54) is 0 Å². The van der Waals surface area contributed by atoms with Crippen molar-refractivity contribution in [1.82, 2.24) is 0 Å². The van der Waals surface area contributed by atoms with Crippen LogP contribution in [0.1, 0.15) is 15.9 Å². The van der Waals surface area contributed by atoms with Crippen molar-refractivity contribution in [2.24, 2.45) is 0 Å². The Hall–Kier alpha value is -1.42. The van der Waals surface area contributed by atoms with Crippen molar-refractivity contribution >= 4 is 29.0 Å². The van der Waals surface area contributed by atoms with Crippen molar-refractivity contribution in [3.05, 3.63) is 28.0 Å². The first kappa shape index (κ1) is 9.15. The highest BCUT2D eigenvalue weighted by atomic mass is 35.5. The number of fused-ring (bicyclic) bond motifs is 1. The molecular weight excluding hydrogens is 209 g/mol. The van der Waals surface area contributed by atoms with Crippen molar-refractivity contribution < 1.29 is 14.0 Å². The molecule has 0 aromatic heterocycles. The minimum absolute atomic E-state index is 0.0417. The van der Waals surface area contributed by atoms with E-state index in [1.54, 1.807) is 6.92 Å². The summed E-state index contributed by atoms with van der Waals surface area (Å²) in [6, 6.07) is 1.08. The molecule has 72 valence electrons. The fourth-order valence-electron chi connectivity index (χ4n) is 1.41. The van der Waals surface area contributed by atoms with Gasteiger partial charge in [-0.2, -0.15) is 0 Å². The van der Waals surface area contributed by atoms with Crippen LogP contribution in [0.4, 0.5) is 10.1 Å². The smallest absolute Gasteiger partial charge is 0.296 e. The van der Waals surface area contributed by atoms with Crippen LogP contribution in [-0.4, -0.2) is 11.7 Å². The highest BCUT2D eigenvalue weighted by Crippen LogP contribution is 2.33. The van der Waals surface area contributed by atoms with E-state index in [0.717, 1.165) is 6.07 Å². The lowest BCUT2D eigenvalue weighted by Crippen LogP contribution is -2.13. The molecule has 1 heterocycles. The van der Waals surface area contributed by atoms with Crippen molar-refractivity contribution in [2.75, 3.05) is 5.32 Å². The first-order chi connectivity index (χ1) is 6.52. The topological polar surface area (TPSA) is 46.2 Å². The Kier molecular flexibility index (Phi) is 1.82. The molecule has 0 saturated carbocycles. The van der Waals surface area contributed by atoms with Gasteiger partial charge in [-0.3, -0.25) is 9.59 Å². The Morgan fingerprint density at radius 3 is 2.71 bits per heavy atom. The maximum Gasteiger partial charge on any atom is 0.296 e. The molecule has 1 aliphatic heterocycles. The minimum atomic E-state index is -0.815. The predicted octanol–water partition coefficient (Wildman–Crippen LogP) is 1.92. The Morgan fingerprint density at radius 1 is 1.43 bits per heavy atom. The van der Waals surface area contributed by atoms with E-state index in [-0.39, 0.29) is 16.3 Å². The molecule has 14 heavy (non-hydrogen) atoms. The zero-order chi connectivity index (χ0) is 10.5. The monoisotopic (exact) mass is 213 g/mol. The number of carbonyl (C=O) groups is 2. The molecule has 0 spiro atoms. The molecule has 5 heteroatoms. The standard InChI is InChI=1S/C9H5ClFNO2/c1-3-4(10)2-5(11)7-6(3)8(13)9(14)12-7/h2H,1H3,(H,12,13,14). The summed E-state index contributed by atoms with van der Waals surface area (Å²) in [7, 11) is 0. The van der Waals surface area contributed by atoms with E-state index in [0.29, 0.717) is 5.56 Å². The van der Waals surface area contributed by atoms with Crippen LogP contribution in [0.2, 0.25) is 5.02 Å². The van der Waals surface area contributed by atoms with Gasteiger partial charge in [0, 0.05) is 5.02 Å². The van der Waals surface area contributed by atoms with E-state index in [1.807, 2.05) is 0 Å². The number of halogens is 2. The van der Waals surface area contributed by atoms with Crippen LogP contribution in [0, 0.1) is 12.7 Å². The third kappa shape index (κ3) is 1.04. The van der Waals surface area contributed by atoms with Crippen LogP contribution >= 0.6 is 11.6 Å². The molecule has 1 aromatic carbocycles. The van der Waals surface area contributed by atoms with Gasteiger partial charge in [0.2, 0.25) is 0 Å². The fraction of sp³-hybridized carbons (Fsp3) is 0.111. The van der Waals surface area contributed by atoms with E-state index in [9.17, 15) is 14.0 Å².